The van der Waals surface area contributed by atoms with E-state index >= 15 is 0 Å². The molecule has 0 aliphatic heterocycles. The molecule has 96 valence electrons. The fraction of sp³-hybridized carbons (Fsp3) is 0.417. The van der Waals surface area contributed by atoms with Crippen molar-refractivity contribution in [2.24, 2.45) is 5.73 Å². The van der Waals surface area contributed by atoms with Crippen molar-refractivity contribution in [1.29, 1.82) is 0 Å². The largest absolute Gasteiger partial charge is 0.445 e. The second-order valence-electron chi connectivity index (χ2n) is 3.61. The van der Waals surface area contributed by atoms with E-state index in [1.54, 1.807) is 0 Å². The molecule has 0 radical (unpaired) electrons. The van der Waals surface area contributed by atoms with Gasteiger partial charge in [-0.3, -0.25) is 0 Å². The number of hydrogen-bond acceptors (Lipinski definition) is 3. The molecule has 0 bridgehead atoms. The molecule has 1 amide bonds. The molecule has 0 saturated heterocycles. The van der Waals surface area contributed by atoms with Crippen LogP contribution in [0.4, 0.5) is 4.79 Å². The van der Waals surface area contributed by atoms with E-state index in [0.717, 1.165) is 12.0 Å². The Hall–Kier alpha value is -1.26. The first kappa shape index (κ1) is 15.7. The van der Waals surface area contributed by atoms with Gasteiger partial charge < -0.3 is 15.8 Å². The van der Waals surface area contributed by atoms with Crippen LogP contribution in [0, 0.1) is 0 Å². The minimum Gasteiger partial charge on any atom is -0.445 e. The minimum absolute atomic E-state index is 0. The average molecular weight is 259 g/mol. The number of benzene rings is 1. The molecule has 0 aliphatic carbocycles. The van der Waals surface area contributed by atoms with Gasteiger partial charge in [0, 0.05) is 12.6 Å². The van der Waals surface area contributed by atoms with E-state index in [0.29, 0.717) is 6.54 Å². The number of carbonyl (C=O) groups is 1. The molecule has 1 aromatic carbocycles. The van der Waals surface area contributed by atoms with Crippen molar-refractivity contribution in [3.8, 4) is 0 Å². The summed E-state index contributed by atoms with van der Waals surface area (Å²) in [5, 5.41) is 2.62. The highest BCUT2D eigenvalue weighted by Gasteiger charge is 2.04. The molecule has 5 heteroatoms. The summed E-state index contributed by atoms with van der Waals surface area (Å²) >= 11 is 0. The number of nitrogens with two attached hydrogens (primary N) is 1. The average Bonchev–Trinajstić information content (AvgIpc) is 2.34. The SMILES string of the molecule is CC[C@H](N)CNC(=O)OCc1ccccc1.Cl. The Labute approximate surface area is 108 Å². The predicted molar refractivity (Wildman–Crippen MR) is 70.1 cm³/mol. The van der Waals surface area contributed by atoms with Crippen LogP contribution in [0.2, 0.25) is 0 Å². The van der Waals surface area contributed by atoms with Crippen LogP contribution in [-0.4, -0.2) is 18.7 Å². The van der Waals surface area contributed by atoms with Crippen LogP contribution in [0.25, 0.3) is 0 Å². The highest BCUT2D eigenvalue weighted by atomic mass is 35.5. The Morgan fingerprint density at radius 3 is 2.65 bits per heavy atom. The third kappa shape index (κ3) is 6.81. The standard InChI is InChI=1S/C12H18N2O2.ClH/c1-2-11(13)8-14-12(15)16-9-10-6-4-3-5-7-10;/h3-7,11H,2,8-9,13H2,1H3,(H,14,15);1H/t11-;/m0./s1. The zero-order valence-electron chi connectivity index (χ0n) is 9.89. The van der Waals surface area contributed by atoms with Crippen molar-refractivity contribution in [3.63, 3.8) is 0 Å². The van der Waals surface area contributed by atoms with Gasteiger partial charge in [0.1, 0.15) is 6.61 Å². The lowest BCUT2D eigenvalue weighted by molar-refractivity contribution is 0.139. The van der Waals surface area contributed by atoms with E-state index in [2.05, 4.69) is 5.32 Å². The maximum absolute atomic E-state index is 11.2. The number of halogens is 1. The lowest BCUT2D eigenvalue weighted by Crippen LogP contribution is -2.36. The van der Waals surface area contributed by atoms with Gasteiger partial charge in [0.15, 0.2) is 0 Å². The Morgan fingerprint density at radius 2 is 2.06 bits per heavy atom. The normalized spacial score (nSPS) is 11.2. The Morgan fingerprint density at radius 1 is 1.41 bits per heavy atom. The van der Waals surface area contributed by atoms with E-state index in [4.69, 9.17) is 10.5 Å². The number of ether oxygens (including phenoxy) is 1. The van der Waals surface area contributed by atoms with Crippen LogP contribution in [0.1, 0.15) is 18.9 Å². The molecule has 4 nitrogen and oxygen atoms in total. The van der Waals surface area contributed by atoms with Crippen LogP contribution >= 0.6 is 12.4 Å². The number of nitrogens with one attached hydrogen (secondary N) is 1. The van der Waals surface area contributed by atoms with Crippen LogP contribution in [0.15, 0.2) is 30.3 Å². The molecule has 1 rings (SSSR count). The quantitative estimate of drug-likeness (QED) is 0.850. The summed E-state index contributed by atoms with van der Waals surface area (Å²) in [6, 6.07) is 9.54. The summed E-state index contributed by atoms with van der Waals surface area (Å²) < 4.78 is 5.02. The molecule has 17 heavy (non-hydrogen) atoms. The summed E-state index contributed by atoms with van der Waals surface area (Å²) in [4.78, 5) is 11.2. The fourth-order valence-electron chi connectivity index (χ4n) is 1.13. The van der Waals surface area contributed by atoms with Crippen LogP contribution in [0.5, 0.6) is 0 Å². The summed E-state index contributed by atoms with van der Waals surface area (Å²) in [7, 11) is 0. The topological polar surface area (TPSA) is 64.3 Å². The second-order valence-corrected chi connectivity index (χ2v) is 3.61. The van der Waals surface area contributed by atoms with E-state index < -0.39 is 6.09 Å². The maximum Gasteiger partial charge on any atom is 0.407 e. The van der Waals surface area contributed by atoms with E-state index in [1.807, 2.05) is 37.3 Å². The first-order valence-corrected chi connectivity index (χ1v) is 5.42. The number of carbonyl (C=O) groups excluding carboxylic acids is 1. The third-order valence-electron chi connectivity index (χ3n) is 2.25. The molecule has 1 atom stereocenters. The van der Waals surface area contributed by atoms with Crippen molar-refractivity contribution in [3.05, 3.63) is 35.9 Å². The molecular formula is C12H19ClN2O2. The molecule has 1 aromatic rings. The van der Waals surface area contributed by atoms with Gasteiger partial charge in [0.05, 0.1) is 0 Å². The fourth-order valence-corrected chi connectivity index (χ4v) is 1.13. The van der Waals surface area contributed by atoms with Crippen molar-refractivity contribution in [2.75, 3.05) is 6.54 Å². The Balaban J connectivity index is 0.00000256. The summed E-state index contributed by atoms with van der Waals surface area (Å²) in [6.45, 7) is 2.71. The number of hydrogen-bond donors (Lipinski definition) is 2. The number of rotatable bonds is 5. The van der Waals surface area contributed by atoms with E-state index in [-0.39, 0.29) is 25.1 Å². The summed E-state index contributed by atoms with van der Waals surface area (Å²) in [5.74, 6) is 0. The number of alkyl carbamates (subject to hydrolysis) is 1. The summed E-state index contributed by atoms with van der Waals surface area (Å²) in [5.41, 5.74) is 6.63. The maximum atomic E-state index is 11.2. The monoisotopic (exact) mass is 258 g/mol. The van der Waals surface area contributed by atoms with E-state index in [9.17, 15) is 4.79 Å². The molecule has 0 fully saturated rings. The molecule has 0 aromatic heterocycles. The molecule has 0 aliphatic rings. The zero-order chi connectivity index (χ0) is 11.8. The lowest BCUT2D eigenvalue weighted by atomic mass is 10.2. The third-order valence-corrected chi connectivity index (χ3v) is 2.25. The Kier molecular flexibility index (Phi) is 8.19. The van der Waals surface area contributed by atoms with Crippen LogP contribution in [-0.2, 0) is 11.3 Å². The highest BCUT2D eigenvalue weighted by Crippen LogP contribution is 2.00. The van der Waals surface area contributed by atoms with Crippen molar-refractivity contribution in [1.82, 2.24) is 5.32 Å². The van der Waals surface area contributed by atoms with Crippen molar-refractivity contribution < 1.29 is 9.53 Å². The van der Waals surface area contributed by atoms with Gasteiger partial charge in [-0.1, -0.05) is 37.3 Å². The number of amides is 1. The van der Waals surface area contributed by atoms with Gasteiger partial charge in [-0.25, -0.2) is 4.79 Å². The van der Waals surface area contributed by atoms with Gasteiger partial charge in [-0.05, 0) is 12.0 Å². The Bertz CT molecular complexity index is 320. The molecule has 0 heterocycles. The zero-order valence-corrected chi connectivity index (χ0v) is 10.7. The minimum atomic E-state index is -0.423. The molecule has 0 spiro atoms. The lowest BCUT2D eigenvalue weighted by Gasteiger charge is -2.10. The van der Waals surface area contributed by atoms with Crippen molar-refractivity contribution in [2.45, 2.75) is 26.0 Å². The predicted octanol–water partition coefficient (Wildman–Crippen LogP) is 2.07. The van der Waals surface area contributed by atoms with Crippen molar-refractivity contribution >= 4 is 18.5 Å². The van der Waals surface area contributed by atoms with Gasteiger partial charge in [0.25, 0.3) is 0 Å². The van der Waals surface area contributed by atoms with Crippen LogP contribution in [0.3, 0.4) is 0 Å². The molecular weight excluding hydrogens is 240 g/mol. The van der Waals surface area contributed by atoms with Crippen LogP contribution < -0.4 is 11.1 Å². The first-order valence-electron chi connectivity index (χ1n) is 5.42. The van der Waals surface area contributed by atoms with E-state index in [1.165, 1.54) is 0 Å². The summed E-state index contributed by atoms with van der Waals surface area (Å²) in [6.07, 6.45) is 0.409. The smallest absolute Gasteiger partial charge is 0.407 e. The van der Waals surface area contributed by atoms with Gasteiger partial charge >= 0.3 is 6.09 Å². The van der Waals surface area contributed by atoms with Gasteiger partial charge in [-0.15, -0.1) is 12.4 Å². The molecule has 0 saturated carbocycles. The van der Waals surface area contributed by atoms with Gasteiger partial charge in [0.2, 0.25) is 0 Å². The highest BCUT2D eigenvalue weighted by molar-refractivity contribution is 5.85. The first-order chi connectivity index (χ1) is 7.72. The molecule has 3 N–H and O–H groups in total. The second kappa shape index (κ2) is 8.84. The molecule has 0 unspecified atom stereocenters. The van der Waals surface area contributed by atoms with Gasteiger partial charge in [-0.2, -0.15) is 0 Å².